The van der Waals surface area contributed by atoms with Crippen LogP contribution in [0.5, 0.6) is 0 Å². The number of rotatable bonds is 5. The number of carbonyl (C=O) groups is 2. The number of aryl methyl sites for hydroxylation is 1. The predicted molar refractivity (Wildman–Crippen MR) is 120 cm³/mol. The first-order chi connectivity index (χ1) is 15.2. The first-order valence-corrected chi connectivity index (χ1v) is 12.7. The summed E-state index contributed by atoms with van der Waals surface area (Å²) in [5.74, 6) is -0.302. The second-order valence-electron chi connectivity index (χ2n) is 8.07. The van der Waals surface area contributed by atoms with Crippen LogP contribution in [0.4, 0.5) is 9.93 Å². The molecule has 2 fully saturated rings. The number of amides is 2. The Morgan fingerprint density at radius 3 is 2.50 bits per heavy atom. The first-order valence-electron chi connectivity index (χ1n) is 10.5. The number of hydrogen-bond donors (Lipinski definition) is 1. The average Bonchev–Trinajstić information content (AvgIpc) is 3.27. The standard InChI is InChI=1S/C21H26N4O5S2/c1-13-19(31-20(22-13)23-15(3)26)32(28,29)24-11-9-17(10-12-24)25-14(2)18(30-21(25)27)16-7-5-4-6-8-16/h4-8,14,17-18H,9-12H2,1-3H3,(H,22,23,26). The van der Waals surface area contributed by atoms with Crippen LogP contribution in [0.2, 0.25) is 0 Å². The van der Waals surface area contributed by atoms with Crippen LogP contribution in [0.15, 0.2) is 34.5 Å². The number of cyclic esters (lactones) is 1. The van der Waals surface area contributed by atoms with Crippen molar-refractivity contribution in [3.63, 3.8) is 0 Å². The molecule has 2 aliphatic heterocycles. The number of carbonyl (C=O) groups excluding carboxylic acids is 2. The van der Waals surface area contributed by atoms with Gasteiger partial charge in [-0.15, -0.1) is 0 Å². The summed E-state index contributed by atoms with van der Waals surface area (Å²) in [6, 6.07) is 9.42. The van der Waals surface area contributed by atoms with Crippen LogP contribution in [0.25, 0.3) is 0 Å². The molecule has 172 valence electrons. The van der Waals surface area contributed by atoms with Crippen molar-refractivity contribution in [2.24, 2.45) is 0 Å². The van der Waals surface area contributed by atoms with E-state index in [-0.39, 0.29) is 39.5 Å². The van der Waals surface area contributed by atoms with E-state index in [0.29, 0.717) is 31.6 Å². The Morgan fingerprint density at radius 2 is 1.88 bits per heavy atom. The quantitative estimate of drug-likeness (QED) is 0.707. The number of aromatic nitrogens is 1. The van der Waals surface area contributed by atoms with E-state index >= 15 is 0 Å². The summed E-state index contributed by atoms with van der Waals surface area (Å²) in [4.78, 5) is 29.8. The molecule has 9 nitrogen and oxygen atoms in total. The third-order valence-corrected chi connectivity index (χ3v) is 9.43. The number of nitrogens with one attached hydrogen (secondary N) is 1. The van der Waals surface area contributed by atoms with Crippen LogP contribution in [0, 0.1) is 6.92 Å². The highest BCUT2D eigenvalue weighted by molar-refractivity contribution is 7.91. The second-order valence-corrected chi connectivity index (χ2v) is 11.2. The fourth-order valence-corrected chi connectivity index (χ4v) is 7.42. The highest BCUT2D eigenvalue weighted by atomic mass is 32.2. The van der Waals surface area contributed by atoms with Crippen molar-refractivity contribution in [3.8, 4) is 0 Å². The molecule has 0 radical (unpaired) electrons. The molecule has 3 heterocycles. The predicted octanol–water partition coefficient (Wildman–Crippen LogP) is 3.15. The van der Waals surface area contributed by atoms with Gasteiger partial charge >= 0.3 is 6.09 Å². The van der Waals surface area contributed by atoms with Gasteiger partial charge in [0.05, 0.1) is 11.7 Å². The summed E-state index contributed by atoms with van der Waals surface area (Å²) in [6.07, 6.45) is 0.357. The minimum absolute atomic E-state index is 0.0878. The minimum Gasteiger partial charge on any atom is -0.439 e. The van der Waals surface area contributed by atoms with Crippen LogP contribution in [0.1, 0.15) is 44.1 Å². The Hall–Kier alpha value is -2.50. The summed E-state index contributed by atoms with van der Waals surface area (Å²) in [5.41, 5.74) is 1.31. The van der Waals surface area contributed by atoms with Gasteiger partial charge < -0.3 is 10.1 Å². The van der Waals surface area contributed by atoms with Gasteiger partial charge in [-0.05, 0) is 32.3 Å². The highest BCUT2D eigenvalue weighted by Gasteiger charge is 2.45. The Bertz CT molecular complexity index is 1110. The summed E-state index contributed by atoms with van der Waals surface area (Å²) >= 11 is 0.956. The highest BCUT2D eigenvalue weighted by Crippen LogP contribution is 2.37. The number of thiazole rings is 1. The van der Waals surface area contributed by atoms with Gasteiger partial charge in [0.25, 0.3) is 10.0 Å². The Kier molecular flexibility index (Phi) is 6.24. The number of anilines is 1. The molecule has 0 bridgehead atoms. The summed E-state index contributed by atoms with van der Waals surface area (Å²) in [6.45, 7) is 5.53. The molecule has 11 heteroatoms. The first kappa shape index (κ1) is 22.7. The van der Waals surface area contributed by atoms with Gasteiger partial charge in [0.15, 0.2) is 9.34 Å². The molecule has 2 saturated heterocycles. The third-order valence-electron chi connectivity index (χ3n) is 5.87. The molecule has 1 aromatic heterocycles. The maximum absolute atomic E-state index is 13.2. The molecule has 2 atom stereocenters. The molecule has 4 rings (SSSR count). The molecular weight excluding hydrogens is 452 g/mol. The normalized spacial score (nSPS) is 22.7. The average molecular weight is 479 g/mol. The molecule has 2 aromatic rings. The molecule has 0 saturated carbocycles. The van der Waals surface area contributed by atoms with Gasteiger partial charge in [0, 0.05) is 26.1 Å². The van der Waals surface area contributed by atoms with Crippen molar-refractivity contribution in [3.05, 3.63) is 41.6 Å². The number of piperidine rings is 1. The fourth-order valence-electron chi connectivity index (χ4n) is 4.35. The summed E-state index contributed by atoms with van der Waals surface area (Å²) in [7, 11) is -3.73. The maximum Gasteiger partial charge on any atom is 0.411 e. The SMILES string of the molecule is CC(=O)Nc1nc(C)c(S(=O)(=O)N2CCC(N3C(=O)OC(c4ccccc4)C3C)CC2)s1. The van der Waals surface area contributed by atoms with E-state index in [0.717, 1.165) is 16.9 Å². The zero-order chi connectivity index (χ0) is 23.0. The molecule has 2 amide bonds. The smallest absolute Gasteiger partial charge is 0.411 e. The van der Waals surface area contributed by atoms with Gasteiger partial charge in [-0.2, -0.15) is 4.31 Å². The largest absolute Gasteiger partial charge is 0.439 e. The van der Waals surface area contributed by atoms with Gasteiger partial charge in [-0.25, -0.2) is 18.2 Å². The zero-order valence-electron chi connectivity index (χ0n) is 18.1. The van der Waals surface area contributed by atoms with Crippen LogP contribution in [0.3, 0.4) is 0 Å². The Morgan fingerprint density at radius 1 is 1.22 bits per heavy atom. The number of ether oxygens (including phenoxy) is 1. The van der Waals surface area contributed by atoms with E-state index in [1.807, 2.05) is 37.3 Å². The molecule has 0 aliphatic carbocycles. The molecular formula is C21H26N4O5S2. The molecule has 32 heavy (non-hydrogen) atoms. The topological polar surface area (TPSA) is 109 Å². The van der Waals surface area contributed by atoms with E-state index in [1.165, 1.54) is 11.2 Å². The van der Waals surface area contributed by atoms with E-state index in [1.54, 1.807) is 11.8 Å². The number of hydrogen-bond acceptors (Lipinski definition) is 7. The van der Waals surface area contributed by atoms with Crippen molar-refractivity contribution in [2.75, 3.05) is 18.4 Å². The lowest BCUT2D eigenvalue weighted by Gasteiger charge is -2.36. The van der Waals surface area contributed by atoms with E-state index in [9.17, 15) is 18.0 Å². The number of nitrogens with zero attached hydrogens (tertiary/aromatic N) is 3. The molecule has 2 aliphatic rings. The van der Waals surface area contributed by atoms with Gasteiger partial charge in [0.2, 0.25) is 5.91 Å². The van der Waals surface area contributed by atoms with Crippen LogP contribution in [-0.2, 0) is 19.6 Å². The molecule has 0 spiro atoms. The maximum atomic E-state index is 13.2. The molecule has 1 N–H and O–H groups in total. The lowest BCUT2D eigenvalue weighted by atomic mass is 9.99. The van der Waals surface area contributed by atoms with E-state index < -0.39 is 10.0 Å². The van der Waals surface area contributed by atoms with E-state index in [2.05, 4.69) is 10.3 Å². The number of benzene rings is 1. The Balaban J connectivity index is 1.44. The summed E-state index contributed by atoms with van der Waals surface area (Å²) < 4.78 is 33.6. The minimum atomic E-state index is -3.73. The lowest BCUT2D eigenvalue weighted by molar-refractivity contribution is -0.114. The second kappa shape index (κ2) is 8.80. The molecule has 2 unspecified atom stereocenters. The Labute approximate surface area is 191 Å². The van der Waals surface area contributed by atoms with E-state index in [4.69, 9.17) is 4.74 Å². The van der Waals surface area contributed by atoms with Crippen LogP contribution < -0.4 is 5.32 Å². The number of sulfonamides is 1. The van der Waals surface area contributed by atoms with Gasteiger partial charge in [0.1, 0.15) is 6.10 Å². The van der Waals surface area contributed by atoms with Crippen LogP contribution in [-0.4, -0.2) is 59.8 Å². The summed E-state index contributed by atoms with van der Waals surface area (Å²) in [5, 5.41) is 2.81. The fraction of sp³-hybridized carbons (Fsp3) is 0.476. The van der Waals surface area contributed by atoms with Crippen molar-refractivity contribution in [1.29, 1.82) is 0 Å². The van der Waals surface area contributed by atoms with Crippen molar-refractivity contribution in [2.45, 2.75) is 56.0 Å². The van der Waals surface area contributed by atoms with Gasteiger partial charge in [-0.3, -0.25) is 9.69 Å². The lowest BCUT2D eigenvalue weighted by Crippen LogP contribution is -2.49. The molecule has 1 aromatic carbocycles. The van der Waals surface area contributed by atoms with Crippen LogP contribution >= 0.6 is 11.3 Å². The van der Waals surface area contributed by atoms with Gasteiger partial charge in [-0.1, -0.05) is 41.7 Å². The van der Waals surface area contributed by atoms with Crippen molar-refractivity contribution < 1.29 is 22.7 Å². The monoisotopic (exact) mass is 478 g/mol. The van der Waals surface area contributed by atoms with Crippen molar-refractivity contribution in [1.82, 2.24) is 14.2 Å². The van der Waals surface area contributed by atoms with Crippen molar-refractivity contribution >= 4 is 38.5 Å². The third kappa shape index (κ3) is 4.24. The zero-order valence-corrected chi connectivity index (χ0v) is 19.8.